The van der Waals surface area contributed by atoms with Crippen LogP contribution >= 0.6 is 11.6 Å². The van der Waals surface area contributed by atoms with E-state index in [2.05, 4.69) is 15.3 Å². The first-order valence-electron chi connectivity index (χ1n) is 8.50. The van der Waals surface area contributed by atoms with E-state index in [0.29, 0.717) is 35.3 Å². The van der Waals surface area contributed by atoms with Gasteiger partial charge in [0.25, 0.3) is 5.56 Å². The average Bonchev–Trinajstić information content (AvgIpc) is 2.58. The number of hydrogen-bond donors (Lipinski definition) is 2. The Morgan fingerprint density at radius 1 is 1.23 bits per heavy atom. The number of ether oxygens (including phenoxy) is 2. The number of hydrogen-bond acceptors (Lipinski definition) is 5. The molecule has 2 aliphatic rings. The summed E-state index contributed by atoms with van der Waals surface area (Å²) in [6.07, 6.45) is 3.14. The molecule has 1 saturated carbocycles. The summed E-state index contributed by atoms with van der Waals surface area (Å²) < 4.78 is 11.0. The third kappa shape index (κ3) is 3.53. The lowest BCUT2D eigenvalue weighted by atomic mass is 9.78. The van der Waals surface area contributed by atoms with E-state index < -0.39 is 0 Å². The van der Waals surface area contributed by atoms with Crippen molar-refractivity contribution in [2.75, 3.05) is 13.2 Å². The number of halogens is 1. The number of nitrogens with zero attached hydrogens (tertiary/aromatic N) is 1. The van der Waals surface area contributed by atoms with Crippen LogP contribution in [0.25, 0.3) is 0 Å². The fourth-order valence-electron chi connectivity index (χ4n) is 3.28. The normalized spacial score (nSPS) is 21.0. The topological polar surface area (TPSA) is 93.3 Å². The number of carbonyl (C=O) groups excluding carboxylic acids is 1. The molecule has 1 aromatic heterocycles. The lowest BCUT2D eigenvalue weighted by Crippen LogP contribution is -2.44. The van der Waals surface area contributed by atoms with Gasteiger partial charge in [-0.3, -0.25) is 9.59 Å². The molecule has 1 aliphatic heterocycles. The first-order chi connectivity index (χ1) is 12.6. The minimum Gasteiger partial charge on any atom is -0.486 e. The number of benzene rings is 1. The molecular weight excluding hydrogens is 358 g/mol. The fourth-order valence-corrected chi connectivity index (χ4v) is 3.50. The molecule has 8 heteroatoms. The molecule has 0 unspecified atom stereocenters. The second kappa shape index (κ2) is 6.99. The minimum atomic E-state index is -0.157. The number of amides is 1. The van der Waals surface area contributed by atoms with Gasteiger partial charge in [0.2, 0.25) is 5.91 Å². The monoisotopic (exact) mass is 375 g/mol. The lowest BCUT2D eigenvalue weighted by Gasteiger charge is -2.35. The Balaban J connectivity index is 1.33. The molecule has 0 radical (unpaired) electrons. The Morgan fingerprint density at radius 3 is 2.69 bits per heavy atom. The Kier molecular flexibility index (Phi) is 4.55. The summed E-state index contributed by atoms with van der Waals surface area (Å²) in [5.41, 5.74) is 1.32. The van der Waals surface area contributed by atoms with Crippen molar-refractivity contribution in [1.82, 2.24) is 15.3 Å². The van der Waals surface area contributed by atoms with Crippen molar-refractivity contribution in [3.8, 4) is 11.5 Å². The van der Waals surface area contributed by atoms with E-state index in [1.165, 1.54) is 12.4 Å². The molecular formula is C18H18ClN3O4. The van der Waals surface area contributed by atoms with Crippen LogP contribution in [0.1, 0.15) is 30.0 Å². The molecule has 0 spiro atoms. The minimum absolute atomic E-state index is 0.0876. The molecule has 1 aliphatic carbocycles. The summed E-state index contributed by atoms with van der Waals surface area (Å²) in [6, 6.07) is 5.05. The van der Waals surface area contributed by atoms with Gasteiger partial charge in [-0.25, -0.2) is 4.98 Å². The van der Waals surface area contributed by atoms with Gasteiger partial charge in [-0.15, -0.1) is 0 Å². The predicted molar refractivity (Wildman–Crippen MR) is 94.9 cm³/mol. The standard InChI is InChI=1S/C18H18ClN3O4/c19-13-7-16-15(25-1-2-26-16)5-10(13)6-18(24)22-12-3-11(4-12)14-8-17(23)21-9-20-14/h5,7-9,11-12H,1-4,6H2,(H,22,24)(H,20,21,23). The summed E-state index contributed by atoms with van der Waals surface area (Å²) in [7, 11) is 0. The molecule has 0 atom stereocenters. The number of carbonyl (C=O) groups is 1. The van der Waals surface area contributed by atoms with E-state index in [9.17, 15) is 9.59 Å². The zero-order valence-corrected chi connectivity index (χ0v) is 14.7. The zero-order valence-electron chi connectivity index (χ0n) is 14.0. The van der Waals surface area contributed by atoms with Gasteiger partial charge in [-0.1, -0.05) is 11.6 Å². The van der Waals surface area contributed by atoms with Crippen LogP contribution in [-0.2, 0) is 11.2 Å². The number of fused-ring (bicyclic) bond motifs is 1. The quantitative estimate of drug-likeness (QED) is 0.850. The average molecular weight is 376 g/mol. The molecule has 4 rings (SSSR count). The summed E-state index contributed by atoms with van der Waals surface area (Å²) in [5.74, 6) is 1.34. The fraction of sp³-hybridized carbons (Fsp3) is 0.389. The van der Waals surface area contributed by atoms with Crippen LogP contribution in [0.4, 0.5) is 0 Å². The molecule has 2 aromatic rings. The van der Waals surface area contributed by atoms with Crippen LogP contribution < -0.4 is 20.3 Å². The number of aromatic nitrogens is 2. The third-order valence-electron chi connectivity index (χ3n) is 4.68. The lowest BCUT2D eigenvalue weighted by molar-refractivity contribution is -0.121. The zero-order chi connectivity index (χ0) is 18.1. The van der Waals surface area contributed by atoms with E-state index in [-0.39, 0.29) is 29.8 Å². The number of nitrogens with one attached hydrogen (secondary N) is 2. The molecule has 2 heterocycles. The van der Waals surface area contributed by atoms with Crippen LogP contribution in [0.3, 0.4) is 0 Å². The Hall–Kier alpha value is -2.54. The van der Waals surface area contributed by atoms with Gasteiger partial charge in [-0.05, 0) is 24.5 Å². The first-order valence-corrected chi connectivity index (χ1v) is 8.88. The molecule has 1 aromatic carbocycles. The molecule has 1 fully saturated rings. The highest BCUT2D eigenvalue weighted by atomic mass is 35.5. The SMILES string of the molecule is O=C(Cc1cc2c(cc1Cl)OCCO2)NC1CC(c2cc(=O)[nH]cn2)C1. The Bertz CT molecular complexity index is 892. The highest BCUT2D eigenvalue weighted by Crippen LogP contribution is 2.37. The van der Waals surface area contributed by atoms with Gasteiger partial charge in [-0.2, -0.15) is 0 Å². The van der Waals surface area contributed by atoms with Gasteiger partial charge in [0, 0.05) is 29.1 Å². The van der Waals surface area contributed by atoms with Crippen molar-refractivity contribution in [2.24, 2.45) is 0 Å². The van der Waals surface area contributed by atoms with E-state index in [1.807, 2.05) is 0 Å². The maximum atomic E-state index is 12.3. The smallest absolute Gasteiger partial charge is 0.250 e. The van der Waals surface area contributed by atoms with Crippen LogP contribution in [0, 0.1) is 0 Å². The van der Waals surface area contributed by atoms with E-state index in [4.69, 9.17) is 21.1 Å². The molecule has 7 nitrogen and oxygen atoms in total. The summed E-state index contributed by atoms with van der Waals surface area (Å²) >= 11 is 6.25. The van der Waals surface area contributed by atoms with E-state index in [1.54, 1.807) is 12.1 Å². The molecule has 26 heavy (non-hydrogen) atoms. The van der Waals surface area contributed by atoms with Gasteiger partial charge < -0.3 is 19.8 Å². The van der Waals surface area contributed by atoms with Gasteiger partial charge in [0.15, 0.2) is 11.5 Å². The van der Waals surface area contributed by atoms with Crippen molar-refractivity contribution in [1.29, 1.82) is 0 Å². The van der Waals surface area contributed by atoms with Gasteiger partial charge in [0.1, 0.15) is 13.2 Å². The second-order valence-electron chi connectivity index (χ2n) is 6.53. The molecule has 0 bridgehead atoms. The van der Waals surface area contributed by atoms with Gasteiger partial charge >= 0.3 is 0 Å². The van der Waals surface area contributed by atoms with Crippen LogP contribution in [0.2, 0.25) is 5.02 Å². The maximum Gasteiger partial charge on any atom is 0.250 e. The van der Waals surface area contributed by atoms with Crippen molar-refractivity contribution in [3.05, 3.63) is 51.2 Å². The van der Waals surface area contributed by atoms with Crippen molar-refractivity contribution in [2.45, 2.75) is 31.2 Å². The highest BCUT2D eigenvalue weighted by Gasteiger charge is 2.32. The summed E-state index contributed by atoms with van der Waals surface area (Å²) in [5, 5.41) is 3.49. The largest absolute Gasteiger partial charge is 0.486 e. The summed E-state index contributed by atoms with van der Waals surface area (Å²) in [6.45, 7) is 0.980. The predicted octanol–water partition coefficient (Wildman–Crippen LogP) is 1.80. The highest BCUT2D eigenvalue weighted by molar-refractivity contribution is 6.31. The Morgan fingerprint density at radius 2 is 1.96 bits per heavy atom. The van der Waals surface area contributed by atoms with E-state index >= 15 is 0 Å². The third-order valence-corrected chi connectivity index (χ3v) is 5.03. The van der Waals surface area contributed by atoms with Crippen LogP contribution in [0.15, 0.2) is 29.3 Å². The van der Waals surface area contributed by atoms with Crippen molar-refractivity contribution < 1.29 is 14.3 Å². The number of rotatable bonds is 4. The van der Waals surface area contributed by atoms with Gasteiger partial charge in [0.05, 0.1) is 18.4 Å². The Labute approximate surface area is 154 Å². The van der Waals surface area contributed by atoms with E-state index in [0.717, 1.165) is 18.5 Å². The summed E-state index contributed by atoms with van der Waals surface area (Å²) in [4.78, 5) is 30.3. The molecule has 2 N–H and O–H groups in total. The first kappa shape index (κ1) is 16.9. The molecule has 136 valence electrons. The second-order valence-corrected chi connectivity index (χ2v) is 6.94. The molecule has 0 saturated heterocycles. The van der Waals surface area contributed by atoms with Crippen LogP contribution in [0.5, 0.6) is 11.5 Å². The van der Waals surface area contributed by atoms with Crippen molar-refractivity contribution >= 4 is 17.5 Å². The van der Waals surface area contributed by atoms with Crippen LogP contribution in [-0.4, -0.2) is 35.1 Å². The van der Waals surface area contributed by atoms with Crippen molar-refractivity contribution in [3.63, 3.8) is 0 Å². The number of H-pyrrole nitrogens is 1. The maximum absolute atomic E-state index is 12.3. The molecule has 1 amide bonds. The number of aromatic amines is 1.